The summed E-state index contributed by atoms with van der Waals surface area (Å²) < 4.78 is 0. The van der Waals surface area contributed by atoms with Crippen LogP contribution < -0.4 is 5.73 Å². The van der Waals surface area contributed by atoms with Crippen LogP contribution in [-0.2, 0) is 0 Å². The minimum absolute atomic E-state index is 0.254. The summed E-state index contributed by atoms with van der Waals surface area (Å²) in [6.07, 6.45) is 0. The molecule has 86 valence electrons. The lowest BCUT2D eigenvalue weighted by atomic mass is 9.95. The van der Waals surface area contributed by atoms with Gasteiger partial charge in [-0.15, -0.1) is 0 Å². The van der Waals surface area contributed by atoms with Crippen molar-refractivity contribution in [2.45, 2.75) is 6.04 Å². The van der Waals surface area contributed by atoms with Crippen molar-refractivity contribution in [2.75, 3.05) is 0 Å². The molecular formula is C14H13NO2. The molecule has 0 radical (unpaired) electrons. The lowest BCUT2D eigenvalue weighted by Gasteiger charge is -2.14. The van der Waals surface area contributed by atoms with Crippen LogP contribution in [0.2, 0.25) is 0 Å². The Morgan fingerprint density at radius 3 is 2.24 bits per heavy atom. The minimum Gasteiger partial charge on any atom is -0.478 e. The Morgan fingerprint density at radius 1 is 1.00 bits per heavy atom. The van der Waals surface area contributed by atoms with Crippen molar-refractivity contribution >= 4 is 5.97 Å². The Labute approximate surface area is 99.5 Å². The van der Waals surface area contributed by atoms with Gasteiger partial charge in [-0.2, -0.15) is 0 Å². The van der Waals surface area contributed by atoms with Crippen molar-refractivity contribution in [3.05, 3.63) is 71.3 Å². The summed E-state index contributed by atoms with van der Waals surface area (Å²) in [7, 11) is 0. The zero-order chi connectivity index (χ0) is 12.3. The lowest BCUT2D eigenvalue weighted by molar-refractivity contribution is 0.0695. The number of aromatic carboxylic acids is 1. The van der Waals surface area contributed by atoms with Gasteiger partial charge in [0.1, 0.15) is 0 Å². The third-order valence-electron chi connectivity index (χ3n) is 2.68. The van der Waals surface area contributed by atoms with E-state index in [0.29, 0.717) is 5.56 Å². The third kappa shape index (κ3) is 2.34. The van der Waals surface area contributed by atoms with Crippen molar-refractivity contribution < 1.29 is 9.90 Å². The fraction of sp³-hybridized carbons (Fsp3) is 0.0714. The van der Waals surface area contributed by atoms with Crippen LogP contribution >= 0.6 is 0 Å². The van der Waals surface area contributed by atoms with Gasteiger partial charge in [0.05, 0.1) is 11.6 Å². The molecule has 2 rings (SSSR count). The number of benzene rings is 2. The predicted octanol–water partition coefficient (Wildman–Crippen LogP) is 2.43. The van der Waals surface area contributed by atoms with Crippen molar-refractivity contribution in [3.8, 4) is 0 Å². The highest BCUT2D eigenvalue weighted by Gasteiger charge is 2.16. The van der Waals surface area contributed by atoms with Crippen LogP contribution in [0.25, 0.3) is 0 Å². The van der Waals surface area contributed by atoms with Crippen LogP contribution in [0.3, 0.4) is 0 Å². The van der Waals surface area contributed by atoms with Gasteiger partial charge in [0, 0.05) is 0 Å². The molecule has 3 N–H and O–H groups in total. The summed E-state index contributed by atoms with van der Waals surface area (Å²) in [5.74, 6) is -0.952. The average Bonchev–Trinajstić information content (AvgIpc) is 2.39. The maximum absolute atomic E-state index is 11.1. The SMILES string of the molecule is NC(c1ccccc1)c1ccccc1C(=O)O. The van der Waals surface area contributed by atoms with Gasteiger partial charge < -0.3 is 10.8 Å². The lowest BCUT2D eigenvalue weighted by Crippen LogP contribution is -2.15. The molecule has 0 amide bonds. The summed E-state index contributed by atoms with van der Waals surface area (Å²) in [6, 6.07) is 15.9. The zero-order valence-electron chi connectivity index (χ0n) is 9.21. The fourth-order valence-electron chi connectivity index (χ4n) is 1.80. The second-order valence-electron chi connectivity index (χ2n) is 3.78. The third-order valence-corrected chi connectivity index (χ3v) is 2.68. The van der Waals surface area contributed by atoms with Gasteiger partial charge in [-0.05, 0) is 17.2 Å². The minimum atomic E-state index is -0.952. The summed E-state index contributed by atoms with van der Waals surface area (Å²) in [4.78, 5) is 11.1. The molecular weight excluding hydrogens is 214 g/mol. The first-order valence-electron chi connectivity index (χ1n) is 5.33. The van der Waals surface area contributed by atoms with Crippen LogP contribution in [0.15, 0.2) is 54.6 Å². The number of carbonyl (C=O) groups is 1. The van der Waals surface area contributed by atoms with Gasteiger partial charge in [-0.25, -0.2) is 4.79 Å². The van der Waals surface area contributed by atoms with Gasteiger partial charge in [0.2, 0.25) is 0 Å². The van der Waals surface area contributed by atoms with E-state index < -0.39 is 12.0 Å². The van der Waals surface area contributed by atoms with Crippen molar-refractivity contribution in [1.82, 2.24) is 0 Å². The van der Waals surface area contributed by atoms with Gasteiger partial charge in [-0.3, -0.25) is 0 Å². The van der Waals surface area contributed by atoms with Crippen LogP contribution in [0.1, 0.15) is 27.5 Å². The number of carboxylic acids is 1. The van der Waals surface area contributed by atoms with Crippen LogP contribution in [0.4, 0.5) is 0 Å². The molecule has 3 nitrogen and oxygen atoms in total. The second kappa shape index (κ2) is 4.80. The highest BCUT2D eigenvalue weighted by atomic mass is 16.4. The number of nitrogens with two attached hydrogens (primary N) is 1. The zero-order valence-corrected chi connectivity index (χ0v) is 9.21. The Kier molecular flexibility index (Phi) is 3.21. The first kappa shape index (κ1) is 11.4. The monoisotopic (exact) mass is 227 g/mol. The van der Waals surface area contributed by atoms with Gasteiger partial charge in [0.15, 0.2) is 0 Å². The number of rotatable bonds is 3. The van der Waals surface area contributed by atoms with Crippen LogP contribution in [-0.4, -0.2) is 11.1 Å². The quantitative estimate of drug-likeness (QED) is 0.846. The molecule has 3 heteroatoms. The van der Waals surface area contributed by atoms with E-state index in [1.54, 1.807) is 24.3 Å². The largest absolute Gasteiger partial charge is 0.478 e. The highest BCUT2D eigenvalue weighted by molar-refractivity contribution is 5.89. The molecule has 0 saturated carbocycles. The van der Waals surface area contributed by atoms with E-state index in [0.717, 1.165) is 5.56 Å². The van der Waals surface area contributed by atoms with Gasteiger partial charge in [0.25, 0.3) is 0 Å². The van der Waals surface area contributed by atoms with E-state index in [9.17, 15) is 4.79 Å². The molecule has 0 bridgehead atoms. The molecule has 0 aliphatic carbocycles. The smallest absolute Gasteiger partial charge is 0.336 e. The van der Waals surface area contributed by atoms with Crippen molar-refractivity contribution in [2.24, 2.45) is 5.73 Å². The topological polar surface area (TPSA) is 63.3 Å². The molecule has 0 aromatic heterocycles. The summed E-state index contributed by atoms with van der Waals surface area (Å²) >= 11 is 0. The summed E-state index contributed by atoms with van der Waals surface area (Å²) in [5.41, 5.74) is 7.88. The normalized spacial score (nSPS) is 12.1. The van der Waals surface area contributed by atoms with E-state index in [1.807, 2.05) is 30.3 Å². The maximum Gasteiger partial charge on any atom is 0.336 e. The van der Waals surface area contributed by atoms with E-state index >= 15 is 0 Å². The standard InChI is InChI=1S/C14H13NO2/c15-13(10-6-2-1-3-7-10)11-8-4-5-9-12(11)14(16)17/h1-9,13H,15H2,(H,16,17). The molecule has 0 spiro atoms. The molecule has 17 heavy (non-hydrogen) atoms. The Hall–Kier alpha value is -2.13. The molecule has 0 aliphatic heterocycles. The Bertz CT molecular complexity index is 523. The molecule has 1 atom stereocenters. The maximum atomic E-state index is 11.1. The molecule has 0 fully saturated rings. The summed E-state index contributed by atoms with van der Waals surface area (Å²) in [5, 5.41) is 9.11. The Morgan fingerprint density at radius 2 is 1.59 bits per heavy atom. The van der Waals surface area contributed by atoms with Crippen LogP contribution in [0.5, 0.6) is 0 Å². The number of hydrogen-bond acceptors (Lipinski definition) is 2. The van der Waals surface area contributed by atoms with Gasteiger partial charge >= 0.3 is 5.97 Å². The predicted molar refractivity (Wildman–Crippen MR) is 65.9 cm³/mol. The Balaban J connectivity index is 2.44. The van der Waals surface area contributed by atoms with E-state index in [1.165, 1.54) is 0 Å². The van der Waals surface area contributed by atoms with E-state index in [-0.39, 0.29) is 5.56 Å². The summed E-state index contributed by atoms with van der Waals surface area (Å²) in [6.45, 7) is 0. The van der Waals surface area contributed by atoms with Crippen molar-refractivity contribution in [1.29, 1.82) is 0 Å². The first-order chi connectivity index (χ1) is 8.20. The highest BCUT2D eigenvalue weighted by Crippen LogP contribution is 2.22. The molecule has 2 aromatic carbocycles. The van der Waals surface area contributed by atoms with Gasteiger partial charge in [-0.1, -0.05) is 48.5 Å². The molecule has 2 aromatic rings. The second-order valence-corrected chi connectivity index (χ2v) is 3.78. The van der Waals surface area contributed by atoms with E-state index in [2.05, 4.69) is 0 Å². The number of carboxylic acid groups (broad SMARTS) is 1. The van der Waals surface area contributed by atoms with Crippen molar-refractivity contribution in [3.63, 3.8) is 0 Å². The molecule has 0 aliphatic rings. The number of hydrogen-bond donors (Lipinski definition) is 2. The van der Waals surface area contributed by atoms with Crippen LogP contribution in [0, 0.1) is 0 Å². The molecule has 1 unspecified atom stereocenters. The average molecular weight is 227 g/mol. The first-order valence-corrected chi connectivity index (χ1v) is 5.33. The molecule has 0 heterocycles. The molecule has 0 saturated heterocycles. The fourth-order valence-corrected chi connectivity index (χ4v) is 1.80. The van der Waals surface area contributed by atoms with E-state index in [4.69, 9.17) is 10.8 Å².